The molecular weight excluding hydrogens is 305 g/mol. The van der Waals surface area contributed by atoms with Gasteiger partial charge in [-0.2, -0.15) is 0 Å². The molecule has 1 aromatic carbocycles. The van der Waals surface area contributed by atoms with Crippen molar-refractivity contribution in [1.29, 1.82) is 0 Å². The van der Waals surface area contributed by atoms with Gasteiger partial charge in [0.1, 0.15) is 5.75 Å². The van der Waals surface area contributed by atoms with E-state index in [4.69, 9.17) is 22.1 Å². The van der Waals surface area contributed by atoms with Gasteiger partial charge in [0.05, 0.1) is 11.6 Å². The Kier molecular flexibility index (Phi) is 7.32. The minimum absolute atomic E-state index is 0. The third-order valence-corrected chi connectivity index (χ3v) is 4.31. The Bertz CT molecular complexity index is 458. The molecule has 0 spiro atoms. The summed E-state index contributed by atoms with van der Waals surface area (Å²) in [5.74, 6) is 2.09. The van der Waals surface area contributed by atoms with Crippen LogP contribution in [0, 0.1) is 5.92 Å². The van der Waals surface area contributed by atoms with Crippen molar-refractivity contribution in [3.8, 4) is 5.75 Å². The molecule has 2 unspecified atom stereocenters. The van der Waals surface area contributed by atoms with Crippen molar-refractivity contribution in [1.82, 2.24) is 0 Å². The largest absolute Gasteiger partial charge is 0.491 e. The van der Waals surface area contributed by atoms with E-state index in [0.29, 0.717) is 5.92 Å². The van der Waals surface area contributed by atoms with Crippen LogP contribution in [0.5, 0.6) is 5.75 Å². The van der Waals surface area contributed by atoms with Crippen LogP contribution in [0.2, 0.25) is 5.02 Å². The van der Waals surface area contributed by atoms with Gasteiger partial charge in [0.15, 0.2) is 0 Å². The highest BCUT2D eigenvalue weighted by molar-refractivity contribution is 6.32. The van der Waals surface area contributed by atoms with Gasteiger partial charge in [0.25, 0.3) is 0 Å². The first-order valence-electron chi connectivity index (χ1n) is 7.72. The van der Waals surface area contributed by atoms with Crippen molar-refractivity contribution in [2.24, 2.45) is 11.7 Å². The van der Waals surface area contributed by atoms with Crippen molar-refractivity contribution in [3.63, 3.8) is 0 Å². The fourth-order valence-electron chi connectivity index (χ4n) is 2.34. The van der Waals surface area contributed by atoms with Crippen molar-refractivity contribution in [3.05, 3.63) is 28.3 Å². The number of hydrogen-bond donors (Lipinski definition) is 1. The smallest absolute Gasteiger partial charge is 0.141 e. The quantitative estimate of drug-likeness (QED) is 0.766. The Balaban J connectivity index is 0.00000220. The number of halogens is 2. The lowest BCUT2D eigenvalue weighted by Crippen LogP contribution is -2.19. The summed E-state index contributed by atoms with van der Waals surface area (Å²) in [5, 5.41) is 0.735. The average Bonchev–Trinajstić information content (AvgIpc) is 3.20. The molecule has 2 rings (SSSR count). The Labute approximate surface area is 139 Å². The van der Waals surface area contributed by atoms with Gasteiger partial charge in [-0.05, 0) is 61.6 Å². The number of hydrogen-bond acceptors (Lipinski definition) is 2. The van der Waals surface area contributed by atoms with Crippen LogP contribution >= 0.6 is 24.0 Å². The minimum Gasteiger partial charge on any atom is -0.491 e. The lowest BCUT2D eigenvalue weighted by Gasteiger charge is -2.18. The van der Waals surface area contributed by atoms with Gasteiger partial charge in [-0.1, -0.05) is 31.5 Å². The molecule has 0 aliphatic heterocycles. The molecule has 2 atom stereocenters. The number of nitrogens with two attached hydrogens (primary N) is 1. The van der Waals surface area contributed by atoms with Gasteiger partial charge >= 0.3 is 0 Å². The van der Waals surface area contributed by atoms with E-state index < -0.39 is 0 Å². The van der Waals surface area contributed by atoms with Gasteiger partial charge in [0, 0.05) is 6.04 Å². The molecule has 2 nitrogen and oxygen atoms in total. The van der Waals surface area contributed by atoms with Crippen molar-refractivity contribution in [2.45, 2.75) is 58.4 Å². The van der Waals surface area contributed by atoms with E-state index >= 15 is 0 Å². The zero-order valence-corrected chi connectivity index (χ0v) is 14.8. The normalized spacial score (nSPS) is 17.0. The second-order valence-corrected chi connectivity index (χ2v) is 6.64. The Morgan fingerprint density at radius 1 is 1.33 bits per heavy atom. The molecule has 0 heterocycles. The maximum atomic E-state index is 6.46. The average molecular weight is 332 g/mol. The van der Waals surface area contributed by atoms with E-state index in [1.54, 1.807) is 0 Å². The summed E-state index contributed by atoms with van der Waals surface area (Å²) in [6.45, 7) is 7.23. The SMILES string of the molecule is CCC(C)c1cc(Cl)c(OCC2CC2)c(CC(C)N)c1.Cl. The first-order chi connectivity index (χ1) is 9.51. The Morgan fingerprint density at radius 3 is 2.52 bits per heavy atom. The molecule has 1 saturated carbocycles. The van der Waals surface area contributed by atoms with Gasteiger partial charge in [-0.15, -0.1) is 12.4 Å². The fourth-order valence-corrected chi connectivity index (χ4v) is 2.64. The third-order valence-electron chi connectivity index (χ3n) is 4.03. The number of rotatable bonds is 7. The van der Waals surface area contributed by atoms with E-state index in [9.17, 15) is 0 Å². The van der Waals surface area contributed by atoms with Gasteiger partial charge in [-0.25, -0.2) is 0 Å². The predicted octanol–water partition coefficient (Wildman–Crippen LogP) is 4.95. The number of ether oxygens (including phenoxy) is 1. The summed E-state index contributed by atoms with van der Waals surface area (Å²) in [7, 11) is 0. The maximum Gasteiger partial charge on any atom is 0.141 e. The first kappa shape index (κ1) is 18.6. The van der Waals surface area contributed by atoms with Gasteiger partial charge in [-0.3, -0.25) is 0 Å². The predicted molar refractivity (Wildman–Crippen MR) is 93.0 cm³/mol. The van der Waals surface area contributed by atoms with Crippen molar-refractivity contribution < 1.29 is 4.74 Å². The van der Waals surface area contributed by atoms with Gasteiger partial charge < -0.3 is 10.5 Å². The van der Waals surface area contributed by atoms with E-state index in [0.717, 1.165) is 41.7 Å². The summed E-state index contributed by atoms with van der Waals surface area (Å²) in [6, 6.07) is 4.40. The van der Waals surface area contributed by atoms with Crippen LogP contribution in [-0.4, -0.2) is 12.6 Å². The van der Waals surface area contributed by atoms with Crippen molar-refractivity contribution in [2.75, 3.05) is 6.61 Å². The van der Waals surface area contributed by atoms with Crippen LogP contribution in [0.3, 0.4) is 0 Å². The zero-order valence-electron chi connectivity index (χ0n) is 13.2. The lowest BCUT2D eigenvalue weighted by molar-refractivity contribution is 0.296. The molecule has 0 bridgehead atoms. The standard InChI is InChI=1S/C17H26ClNO.ClH/c1-4-11(2)14-8-15(7-12(3)19)17(16(18)9-14)20-10-13-5-6-13;/h8-9,11-13H,4-7,10,19H2,1-3H3;1H. The molecule has 4 heteroatoms. The monoisotopic (exact) mass is 331 g/mol. The third kappa shape index (κ3) is 5.36. The molecule has 0 radical (unpaired) electrons. The second-order valence-electron chi connectivity index (χ2n) is 6.24. The first-order valence-corrected chi connectivity index (χ1v) is 8.09. The summed E-state index contributed by atoms with van der Waals surface area (Å²) >= 11 is 6.46. The summed E-state index contributed by atoms with van der Waals surface area (Å²) in [5.41, 5.74) is 8.41. The Hall–Kier alpha value is -0.440. The molecule has 1 aromatic rings. The van der Waals surface area contributed by atoms with Crippen LogP contribution < -0.4 is 10.5 Å². The summed E-state index contributed by atoms with van der Waals surface area (Å²) in [4.78, 5) is 0. The van der Waals surface area contributed by atoms with Crippen molar-refractivity contribution >= 4 is 24.0 Å². The van der Waals surface area contributed by atoms with Crippen LogP contribution in [0.25, 0.3) is 0 Å². The summed E-state index contributed by atoms with van der Waals surface area (Å²) in [6.07, 6.45) is 4.48. The van der Waals surface area contributed by atoms with E-state index in [1.807, 2.05) is 6.92 Å². The molecule has 1 aliphatic rings. The van der Waals surface area contributed by atoms with Crippen LogP contribution in [0.1, 0.15) is 57.1 Å². The Morgan fingerprint density at radius 2 is 2.00 bits per heavy atom. The molecule has 1 aliphatic carbocycles. The highest BCUT2D eigenvalue weighted by atomic mass is 35.5. The molecule has 0 aromatic heterocycles. The summed E-state index contributed by atoms with van der Waals surface area (Å²) < 4.78 is 5.97. The molecule has 0 amide bonds. The molecule has 0 saturated heterocycles. The van der Waals surface area contributed by atoms with Gasteiger partial charge in [0.2, 0.25) is 0 Å². The van der Waals surface area contributed by atoms with E-state index in [2.05, 4.69) is 26.0 Å². The lowest BCUT2D eigenvalue weighted by atomic mass is 9.94. The molecule has 2 N–H and O–H groups in total. The van der Waals surface area contributed by atoms with E-state index in [1.165, 1.54) is 18.4 Å². The second kappa shape index (κ2) is 8.26. The zero-order chi connectivity index (χ0) is 14.7. The van der Waals surface area contributed by atoms with Crippen LogP contribution in [0.4, 0.5) is 0 Å². The molecule has 1 fully saturated rings. The topological polar surface area (TPSA) is 35.2 Å². The fraction of sp³-hybridized carbons (Fsp3) is 0.647. The van der Waals surface area contributed by atoms with Crippen LogP contribution in [0.15, 0.2) is 12.1 Å². The molecular formula is C17H27Cl2NO. The van der Waals surface area contributed by atoms with Crippen LogP contribution in [-0.2, 0) is 6.42 Å². The highest BCUT2D eigenvalue weighted by Crippen LogP contribution is 2.36. The molecule has 120 valence electrons. The van der Waals surface area contributed by atoms with E-state index in [-0.39, 0.29) is 18.4 Å². The molecule has 21 heavy (non-hydrogen) atoms. The maximum absolute atomic E-state index is 6.46. The highest BCUT2D eigenvalue weighted by Gasteiger charge is 2.23. The number of benzene rings is 1. The minimum atomic E-state index is 0.